The molecular formula is C19H18FN3O. The third-order valence-corrected chi connectivity index (χ3v) is 4.45. The van der Waals surface area contributed by atoms with Crippen LogP contribution in [0.3, 0.4) is 0 Å². The predicted molar refractivity (Wildman–Crippen MR) is 88.8 cm³/mol. The van der Waals surface area contributed by atoms with Crippen LogP contribution in [0.5, 0.6) is 0 Å². The number of benzene rings is 2. The fourth-order valence-corrected chi connectivity index (χ4v) is 3.15. The van der Waals surface area contributed by atoms with Crippen molar-refractivity contribution in [2.24, 2.45) is 0 Å². The minimum Gasteiger partial charge on any atom is -0.339 e. The van der Waals surface area contributed by atoms with Crippen molar-refractivity contribution in [2.45, 2.75) is 18.9 Å². The molecule has 1 aliphatic rings. The summed E-state index contributed by atoms with van der Waals surface area (Å²) in [5.74, 6) is 1.36. The molecule has 5 heteroatoms. The fourth-order valence-electron chi connectivity index (χ4n) is 3.15. The maximum atomic E-state index is 13.8. The highest BCUT2D eigenvalue weighted by Gasteiger charge is 2.28. The van der Waals surface area contributed by atoms with E-state index < -0.39 is 0 Å². The summed E-state index contributed by atoms with van der Waals surface area (Å²) in [5.41, 5.74) is 1.68. The number of likely N-dealkylation sites (tertiary alicyclic amines) is 1. The number of halogens is 1. The van der Waals surface area contributed by atoms with Gasteiger partial charge >= 0.3 is 0 Å². The molecule has 1 unspecified atom stereocenters. The maximum Gasteiger partial charge on any atom is 0.231 e. The van der Waals surface area contributed by atoms with Crippen molar-refractivity contribution in [3.8, 4) is 11.4 Å². The molecule has 24 heavy (non-hydrogen) atoms. The second-order valence-electron chi connectivity index (χ2n) is 6.13. The van der Waals surface area contributed by atoms with Crippen LogP contribution >= 0.6 is 0 Å². The zero-order chi connectivity index (χ0) is 16.4. The quantitative estimate of drug-likeness (QED) is 0.731. The Morgan fingerprint density at radius 1 is 1.08 bits per heavy atom. The van der Waals surface area contributed by atoms with Gasteiger partial charge in [-0.05, 0) is 19.0 Å². The average molecular weight is 323 g/mol. The molecule has 0 spiro atoms. The van der Waals surface area contributed by atoms with E-state index in [4.69, 9.17) is 4.52 Å². The Kier molecular flexibility index (Phi) is 4.09. The van der Waals surface area contributed by atoms with Crippen LogP contribution in [0.2, 0.25) is 0 Å². The number of aromatic nitrogens is 2. The molecule has 1 fully saturated rings. The monoisotopic (exact) mass is 323 g/mol. The van der Waals surface area contributed by atoms with E-state index in [9.17, 15) is 4.39 Å². The van der Waals surface area contributed by atoms with Gasteiger partial charge < -0.3 is 4.52 Å². The topological polar surface area (TPSA) is 42.2 Å². The molecule has 0 aliphatic carbocycles. The highest BCUT2D eigenvalue weighted by molar-refractivity contribution is 5.53. The Morgan fingerprint density at radius 3 is 2.71 bits per heavy atom. The molecule has 1 aliphatic heterocycles. The van der Waals surface area contributed by atoms with E-state index >= 15 is 0 Å². The SMILES string of the molecule is Fc1ccccc1CN1CCC(c2nc(-c3ccccc3)no2)C1. The van der Waals surface area contributed by atoms with Gasteiger partial charge in [0, 0.05) is 24.2 Å². The van der Waals surface area contributed by atoms with Gasteiger partial charge in [-0.2, -0.15) is 4.98 Å². The molecule has 0 radical (unpaired) electrons. The lowest BCUT2D eigenvalue weighted by Crippen LogP contribution is -2.20. The van der Waals surface area contributed by atoms with Crippen LogP contribution in [0.15, 0.2) is 59.1 Å². The van der Waals surface area contributed by atoms with E-state index in [0.717, 1.165) is 30.6 Å². The predicted octanol–water partition coefficient (Wildman–Crippen LogP) is 3.87. The first-order valence-electron chi connectivity index (χ1n) is 8.14. The van der Waals surface area contributed by atoms with Gasteiger partial charge in [-0.3, -0.25) is 4.90 Å². The Hall–Kier alpha value is -2.53. The molecule has 0 amide bonds. The van der Waals surface area contributed by atoms with Crippen molar-refractivity contribution in [1.82, 2.24) is 15.0 Å². The minimum atomic E-state index is -0.148. The molecule has 2 aromatic carbocycles. The second-order valence-corrected chi connectivity index (χ2v) is 6.13. The van der Waals surface area contributed by atoms with Gasteiger partial charge in [-0.1, -0.05) is 53.7 Å². The zero-order valence-electron chi connectivity index (χ0n) is 13.2. The van der Waals surface area contributed by atoms with Crippen LogP contribution in [0.1, 0.15) is 23.8 Å². The molecule has 1 aromatic heterocycles. The first-order valence-corrected chi connectivity index (χ1v) is 8.14. The molecule has 1 atom stereocenters. The van der Waals surface area contributed by atoms with E-state index in [1.54, 1.807) is 6.07 Å². The van der Waals surface area contributed by atoms with Crippen molar-refractivity contribution < 1.29 is 8.91 Å². The first kappa shape index (κ1) is 15.0. The zero-order valence-corrected chi connectivity index (χ0v) is 13.2. The summed E-state index contributed by atoms with van der Waals surface area (Å²) in [6, 6.07) is 16.7. The van der Waals surface area contributed by atoms with Gasteiger partial charge in [0.1, 0.15) is 5.82 Å². The standard InChI is InChI=1S/C19H18FN3O/c20-17-9-5-4-8-15(17)12-23-11-10-16(13-23)19-21-18(22-24-19)14-6-2-1-3-7-14/h1-9,16H,10-13H2. The number of hydrogen-bond donors (Lipinski definition) is 0. The lowest BCUT2D eigenvalue weighted by molar-refractivity contribution is 0.305. The van der Waals surface area contributed by atoms with Gasteiger partial charge in [-0.15, -0.1) is 0 Å². The summed E-state index contributed by atoms with van der Waals surface area (Å²) in [4.78, 5) is 6.77. The first-order chi connectivity index (χ1) is 11.8. The molecule has 2 heterocycles. The molecule has 4 rings (SSSR count). The molecule has 4 nitrogen and oxygen atoms in total. The number of rotatable bonds is 4. The van der Waals surface area contributed by atoms with Crippen molar-refractivity contribution in [3.63, 3.8) is 0 Å². The maximum absolute atomic E-state index is 13.8. The van der Waals surface area contributed by atoms with Crippen LogP contribution in [0.4, 0.5) is 4.39 Å². The lowest BCUT2D eigenvalue weighted by Gasteiger charge is -2.15. The summed E-state index contributed by atoms with van der Waals surface area (Å²) in [5, 5.41) is 4.09. The van der Waals surface area contributed by atoms with E-state index in [1.807, 2.05) is 42.5 Å². The Balaban J connectivity index is 1.44. The van der Waals surface area contributed by atoms with E-state index in [1.165, 1.54) is 6.07 Å². The highest BCUT2D eigenvalue weighted by atomic mass is 19.1. The number of hydrogen-bond acceptors (Lipinski definition) is 4. The third kappa shape index (κ3) is 3.08. The van der Waals surface area contributed by atoms with Gasteiger partial charge in [0.25, 0.3) is 0 Å². The average Bonchev–Trinajstić information content (AvgIpc) is 3.27. The number of nitrogens with zero attached hydrogens (tertiary/aromatic N) is 3. The van der Waals surface area contributed by atoms with E-state index in [0.29, 0.717) is 18.3 Å². The minimum absolute atomic E-state index is 0.148. The van der Waals surface area contributed by atoms with Crippen LogP contribution in [0.25, 0.3) is 11.4 Å². The van der Waals surface area contributed by atoms with Crippen molar-refractivity contribution in [3.05, 3.63) is 71.9 Å². The Morgan fingerprint density at radius 2 is 1.88 bits per heavy atom. The molecule has 3 aromatic rings. The smallest absolute Gasteiger partial charge is 0.231 e. The third-order valence-electron chi connectivity index (χ3n) is 4.45. The highest BCUT2D eigenvalue weighted by Crippen LogP contribution is 2.28. The summed E-state index contributed by atoms with van der Waals surface area (Å²) >= 11 is 0. The van der Waals surface area contributed by atoms with E-state index in [-0.39, 0.29) is 11.7 Å². The molecule has 0 saturated carbocycles. The van der Waals surface area contributed by atoms with Crippen LogP contribution in [0, 0.1) is 5.82 Å². The van der Waals surface area contributed by atoms with Crippen molar-refractivity contribution in [2.75, 3.05) is 13.1 Å². The van der Waals surface area contributed by atoms with Crippen LogP contribution in [-0.2, 0) is 6.54 Å². The Bertz CT molecular complexity index is 818. The van der Waals surface area contributed by atoms with Gasteiger partial charge in [0.05, 0.1) is 5.92 Å². The molecule has 1 saturated heterocycles. The molecule has 0 N–H and O–H groups in total. The normalized spacial score (nSPS) is 18.1. The lowest BCUT2D eigenvalue weighted by atomic mass is 10.1. The van der Waals surface area contributed by atoms with Crippen LogP contribution in [-0.4, -0.2) is 28.1 Å². The van der Waals surface area contributed by atoms with Crippen LogP contribution < -0.4 is 0 Å². The molecule has 0 bridgehead atoms. The van der Waals surface area contributed by atoms with Gasteiger partial charge in [0.2, 0.25) is 11.7 Å². The van der Waals surface area contributed by atoms with Gasteiger partial charge in [-0.25, -0.2) is 4.39 Å². The fraction of sp³-hybridized carbons (Fsp3) is 0.263. The summed E-state index contributed by atoms with van der Waals surface area (Å²) in [6.07, 6.45) is 0.949. The second kappa shape index (κ2) is 6.53. The Labute approximate surface area is 139 Å². The molecule has 122 valence electrons. The van der Waals surface area contributed by atoms with Crippen molar-refractivity contribution >= 4 is 0 Å². The van der Waals surface area contributed by atoms with Gasteiger partial charge in [0.15, 0.2) is 0 Å². The summed E-state index contributed by atoms with van der Waals surface area (Å²) in [7, 11) is 0. The summed E-state index contributed by atoms with van der Waals surface area (Å²) in [6.45, 7) is 2.33. The largest absolute Gasteiger partial charge is 0.339 e. The van der Waals surface area contributed by atoms with Crippen molar-refractivity contribution in [1.29, 1.82) is 0 Å². The van der Waals surface area contributed by atoms with E-state index in [2.05, 4.69) is 15.0 Å². The summed E-state index contributed by atoms with van der Waals surface area (Å²) < 4.78 is 19.3. The molecular weight excluding hydrogens is 305 g/mol.